The number of carbonyl (C=O) groups excluding carboxylic acids is 1. The first-order valence-corrected chi connectivity index (χ1v) is 6.55. The molecule has 3 rings (SSSR count). The van der Waals surface area contributed by atoms with Crippen LogP contribution in [0.1, 0.15) is 12.0 Å². The highest BCUT2D eigenvalue weighted by molar-refractivity contribution is 5.85. The van der Waals surface area contributed by atoms with Crippen LogP contribution in [-0.2, 0) is 4.79 Å². The Morgan fingerprint density at radius 1 is 1.43 bits per heavy atom. The molecule has 0 aromatic carbocycles. The van der Waals surface area contributed by atoms with Crippen molar-refractivity contribution in [3.63, 3.8) is 0 Å². The third-order valence-corrected chi connectivity index (χ3v) is 3.57. The highest BCUT2D eigenvalue weighted by atomic mass is 19.1. The minimum absolute atomic E-state index is 0.0720. The molecule has 21 heavy (non-hydrogen) atoms. The first-order chi connectivity index (χ1) is 9.98. The number of nitrogens with two attached hydrogens (primary N) is 1. The summed E-state index contributed by atoms with van der Waals surface area (Å²) in [7, 11) is 0. The highest BCUT2D eigenvalue weighted by Gasteiger charge is 2.44. The molecule has 1 aliphatic heterocycles. The Kier molecular flexibility index (Phi) is 3.08. The van der Waals surface area contributed by atoms with Crippen molar-refractivity contribution in [1.82, 2.24) is 19.7 Å². The van der Waals surface area contributed by atoms with Gasteiger partial charge in [-0.15, -0.1) is 0 Å². The van der Waals surface area contributed by atoms with Crippen LogP contribution in [0.2, 0.25) is 0 Å². The van der Waals surface area contributed by atoms with E-state index < -0.39 is 11.6 Å². The summed E-state index contributed by atoms with van der Waals surface area (Å²) in [5.41, 5.74) is 4.12. The number of halogens is 1. The van der Waals surface area contributed by atoms with E-state index in [1.54, 1.807) is 21.8 Å². The molecular formula is C13H15FN6O. The zero-order chi connectivity index (χ0) is 15.0. The maximum absolute atomic E-state index is 14.2. The normalized spacial score (nSPS) is 21.7. The van der Waals surface area contributed by atoms with Gasteiger partial charge >= 0.3 is 0 Å². The van der Waals surface area contributed by atoms with E-state index in [4.69, 9.17) is 5.73 Å². The van der Waals surface area contributed by atoms with E-state index in [0.29, 0.717) is 18.2 Å². The lowest BCUT2D eigenvalue weighted by molar-refractivity contribution is -0.128. The van der Waals surface area contributed by atoms with E-state index in [-0.39, 0.29) is 13.0 Å². The van der Waals surface area contributed by atoms with Crippen LogP contribution in [0.25, 0.3) is 5.82 Å². The number of anilines is 1. The van der Waals surface area contributed by atoms with E-state index in [9.17, 15) is 9.18 Å². The fourth-order valence-electron chi connectivity index (χ4n) is 2.34. The van der Waals surface area contributed by atoms with Gasteiger partial charge in [-0.2, -0.15) is 5.10 Å². The molecule has 0 saturated carbocycles. The summed E-state index contributed by atoms with van der Waals surface area (Å²) >= 11 is 0. The molecule has 0 aliphatic carbocycles. The zero-order valence-corrected chi connectivity index (χ0v) is 11.5. The van der Waals surface area contributed by atoms with Crippen molar-refractivity contribution in [3.8, 4) is 5.82 Å². The number of carbonyl (C=O) groups is 1. The average molecular weight is 290 g/mol. The van der Waals surface area contributed by atoms with Gasteiger partial charge in [0, 0.05) is 25.2 Å². The van der Waals surface area contributed by atoms with E-state index in [0.717, 1.165) is 5.56 Å². The lowest BCUT2D eigenvalue weighted by Gasteiger charge is -2.19. The fraction of sp³-hybridized carbons (Fsp3) is 0.385. The molecule has 3 heterocycles. The van der Waals surface area contributed by atoms with Crippen molar-refractivity contribution >= 4 is 11.7 Å². The number of alkyl halides is 1. The number of hydrogen-bond acceptors (Lipinski definition) is 5. The van der Waals surface area contributed by atoms with Crippen LogP contribution in [0.15, 0.2) is 24.8 Å². The maximum Gasteiger partial charge on any atom is 0.257 e. The Labute approximate surface area is 120 Å². The quantitative estimate of drug-likeness (QED) is 0.882. The van der Waals surface area contributed by atoms with Gasteiger partial charge in [-0.05, 0) is 12.5 Å². The molecule has 1 atom stereocenters. The first-order valence-electron chi connectivity index (χ1n) is 6.55. The molecule has 2 aromatic heterocycles. The molecule has 1 unspecified atom stereocenters. The Morgan fingerprint density at radius 2 is 2.19 bits per heavy atom. The predicted molar refractivity (Wildman–Crippen MR) is 73.8 cm³/mol. The monoisotopic (exact) mass is 290 g/mol. The average Bonchev–Trinajstić information content (AvgIpc) is 3.06. The van der Waals surface area contributed by atoms with Gasteiger partial charge in [0.05, 0.1) is 12.7 Å². The maximum atomic E-state index is 14.2. The van der Waals surface area contributed by atoms with Gasteiger partial charge in [0.25, 0.3) is 5.91 Å². The summed E-state index contributed by atoms with van der Waals surface area (Å²) in [6, 6.07) is 1.71. The number of amides is 1. The van der Waals surface area contributed by atoms with Crippen LogP contribution in [0.3, 0.4) is 0 Å². The summed E-state index contributed by atoms with van der Waals surface area (Å²) in [6.45, 7) is 2.22. The highest BCUT2D eigenvalue weighted by Crippen LogP contribution is 2.28. The topological polar surface area (TPSA) is 89.9 Å². The summed E-state index contributed by atoms with van der Waals surface area (Å²) in [5.74, 6) is 0.208. The third-order valence-electron chi connectivity index (χ3n) is 3.57. The number of hydrogen-bond donors (Lipinski definition) is 1. The van der Waals surface area contributed by atoms with Crippen LogP contribution in [-0.4, -0.2) is 44.4 Å². The summed E-state index contributed by atoms with van der Waals surface area (Å²) < 4.78 is 15.8. The predicted octanol–water partition coefficient (Wildman–Crippen LogP) is 0.374. The first kappa shape index (κ1) is 13.5. The summed E-state index contributed by atoms with van der Waals surface area (Å²) in [5, 5.41) is 4.17. The molecular weight excluding hydrogens is 275 g/mol. The molecule has 8 heteroatoms. The number of rotatable bonds is 3. The smallest absolute Gasteiger partial charge is 0.257 e. The molecule has 2 N–H and O–H groups in total. The number of aromatic nitrogens is 4. The molecule has 0 radical (unpaired) electrons. The third kappa shape index (κ3) is 2.44. The lowest BCUT2D eigenvalue weighted by atomic mass is 10.1. The van der Waals surface area contributed by atoms with Crippen molar-refractivity contribution in [2.45, 2.75) is 19.0 Å². The van der Waals surface area contributed by atoms with E-state index in [2.05, 4.69) is 15.1 Å². The second kappa shape index (κ2) is 4.80. The SMILES string of the molecule is Cc1cnn(-c2cc(N3CCC(F)(C(N)=O)C3)ncn2)c1. The van der Waals surface area contributed by atoms with Crippen LogP contribution in [0.4, 0.5) is 10.2 Å². The van der Waals surface area contributed by atoms with Crippen molar-refractivity contribution in [3.05, 3.63) is 30.4 Å². The van der Waals surface area contributed by atoms with Gasteiger partial charge < -0.3 is 10.6 Å². The Hall–Kier alpha value is -2.51. The van der Waals surface area contributed by atoms with Gasteiger partial charge in [0.2, 0.25) is 5.67 Å². The zero-order valence-electron chi connectivity index (χ0n) is 11.5. The Balaban J connectivity index is 1.86. The molecule has 1 saturated heterocycles. The van der Waals surface area contributed by atoms with Crippen LogP contribution in [0.5, 0.6) is 0 Å². The van der Waals surface area contributed by atoms with Gasteiger partial charge in [-0.3, -0.25) is 4.79 Å². The molecule has 7 nitrogen and oxygen atoms in total. The number of nitrogens with zero attached hydrogens (tertiary/aromatic N) is 5. The molecule has 1 fully saturated rings. The van der Waals surface area contributed by atoms with E-state index in [1.807, 2.05) is 13.1 Å². The summed E-state index contributed by atoms with van der Waals surface area (Å²) in [6.07, 6.45) is 5.02. The minimum Gasteiger partial charge on any atom is -0.367 e. The molecule has 0 spiro atoms. The van der Waals surface area contributed by atoms with Gasteiger partial charge in [0.15, 0.2) is 5.82 Å². The molecule has 110 valence electrons. The van der Waals surface area contributed by atoms with E-state index in [1.165, 1.54) is 6.33 Å². The van der Waals surface area contributed by atoms with Crippen molar-refractivity contribution < 1.29 is 9.18 Å². The standard InChI is InChI=1S/C13H15FN6O/c1-9-5-18-20(6-9)11-4-10(16-8-17-11)19-3-2-13(14,7-19)12(15)21/h4-6,8H,2-3,7H2,1H3,(H2,15,21). The largest absolute Gasteiger partial charge is 0.367 e. The summed E-state index contributed by atoms with van der Waals surface area (Å²) in [4.78, 5) is 21.1. The van der Waals surface area contributed by atoms with Gasteiger partial charge in [-0.1, -0.05) is 0 Å². The molecule has 1 aliphatic rings. The fourth-order valence-corrected chi connectivity index (χ4v) is 2.34. The molecule has 1 amide bonds. The van der Waals surface area contributed by atoms with E-state index >= 15 is 0 Å². The Bertz CT molecular complexity index is 687. The van der Waals surface area contributed by atoms with Crippen LogP contribution >= 0.6 is 0 Å². The minimum atomic E-state index is -1.99. The molecule has 2 aromatic rings. The second-order valence-electron chi connectivity index (χ2n) is 5.20. The second-order valence-corrected chi connectivity index (χ2v) is 5.20. The molecule has 0 bridgehead atoms. The Morgan fingerprint density at radius 3 is 2.81 bits per heavy atom. The number of primary amides is 1. The van der Waals surface area contributed by atoms with Crippen molar-refractivity contribution in [2.75, 3.05) is 18.0 Å². The van der Waals surface area contributed by atoms with Crippen molar-refractivity contribution in [2.24, 2.45) is 5.73 Å². The van der Waals surface area contributed by atoms with Crippen molar-refractivity contribution in [1.29, 1.82) is 0 Å². The van der Waals surface area contributed by atoms with Gasteiger partial charge in [0.1, 0.15) is 12.1 Å². The van der Waals surface area contributed by atoms with Gasteiger partial charge in [-0.25, -0.2) is 19.0 Å². The number of aryl methyl sites for hydroxylation is 1. The lowest BCUT2D eigenvalue weighted by Crippen LogP contribution is -2.42. The van der Waals surface area contributed by atoms with Crippen LogP contribution in [0, 0.1) is 6.92 Å². The van der Waals surface area contributed by atoms with Crippen LogP contribution < -0.4 is 10.6 Å².